The third kappa shape index (κ3) is 3.47. The number of fused-ring (bicyclic) bond motifs is 1. The largest absolute Gasteiger partial charge is 0.493 e. The molecule has 3 rings (SSSR count). The van der Waals surface area contributed by atoms with E-state index in [1.54, 1.807) is 17.5 Å². The quantitative estimate of drug-likeness (QED) is 0.882. The number of nitrogens with one attached hydrogen (secondary N) is 2. The molecule has 0 saturated heterocycles. The van der Waals surface area contributed by atoms with Crippen LogP contribution in [0.3, 0.4) is 0 Å². The number of amides is 2. The summed E-state index contributed by atoms with van der Waals surface area (Å²) in [6.07, 6.45) is 2.57. The van der Waals surface area contributed by atoms with Gasteiger partial charge in [0.1, 0.15) is 10.8 Å². The number of aromatic nitrogens is 1. The number of carbonyl (C=O) groups excluding carboxylic acids is 1. The van der Waals surface area contributed by atoms with Crippen molar-refractivity contribution in [2.75, 3.05) is 6.61 Å². The van der Waals surface area contributed by atoms with Crippen LogP contribution < -0.4 is 15.4 Å². The Kier molecular flexibility index (Phi) is 4.81. The van der Waals surface area contributed by atoms with Crippen molar-refractivity contribution < 1.29 is 9.53 Å². The lowest BCUT2D eigenvalue weighted by Crippen LogP contribution is -2.44. The fourth-order valence-corrected chi connectivity index (χ4v) is 3.63. The van der Waals surface area contributed by atoms with Gasteiger partial charge in [-0.05, 0) is 19.4 Å². The molecule has 0 bridgehead atoms. The first-order chi connectivity index (χ1) is 11.2. The van der Waals surface area contributed by atoms with E-state index in [4.69, 9.17) is 4.74 Å². The van der Waals surface area contributed by atoms with Gasteiger partial charge < -0.3 is 15.4 Å². The molecule has 0 spiro atoms. The van der Waals surface area contributed by atoms with Gasteiger partial charge in [-0.2, -0.15) is 0 Å². The Morgan fingerprint density at radius 3 is 3.00 bits per heavy atom. The number of carbonyl (C=O) groups is 1. The van der Waals surface area contributed by atoms with Crippen LogP contribution in [0.15, 0.2) is 35.8 Å². The number of hydrogen-bond acceptors (Lipinski definition) is 4. The summed E-state index contributed by atoms with van der Waals surface area (Å²) in [6, 6.07) is 7.78. The molecule has 2 heterocycles. The van der Waals surface area contributed by atoms with Crippen molar-refractivity contribution in [2.45, 2.75) is 38.3 Å². The molecule has 1 aromatic heterocycles. The highest BCUT2D eigenvalue weighted by Crippen LogP contribution is 2.35. The smallest absolute Gasteiger partial charge is 0.315 e. The topological polar surface area (TPSA) is 63.2 Å². The normalized spacial score (nSPS) is 18.6. The van der Waals surface area contributed by atoms with Crippen molar-refractivity contribution in [3.8, 4) is 5.75 Å². The van der Waals surface area contributed by atoms with Gasteiger partial charge in [-0.3, -0.25) is 0 Å². The van der Waals surface area contributed by atoms with Crippen molar-refractivity contribution in [3.05, 3.63) is 46.4 Å². The van der Waals surface area contributed by atoms with E-state index < -0.39 is 0 Å². The minimum Gasteiger partial charge on any atom is -0.493 e. The van der Waals surface area contributed by atoms with Gasteiger partial charge in [-0.1, -0.05) is 25.1 Å². The highest BCUT2D eigenvalue weighted by molar-refractivity contribution is 7.09. The SMILES string of the molecule is CC[C@H](NC(=O)N[C@@H](C)[C@H]1COc2ccccc21)c1nccs1. The average Bonchev–Trinajstić information content (AvgIpc) is 3.21. The summed E-state index contributed by atoms with van der Waals surface area (Å²) in [6.45, 7) is 4.65. The molecule has 1 aliphatic rings. The summed E-state index contributed by atoms with van der Waals surface area (Å²) in [7, 11) is 0. The lowest BCUT2D eigenvalue weighted by atomic mass is 9.94. The maximum atomic E-state index is 12.3. The first-order valence-electron chi connectivity index (χ1n) is 7.87. The number of benzene rings is 1. The van der Waals surface area contributed by atoms with E-state index in [1.165, 1.54) is 0 Å². The van der Waals surface area contributed by atoms with Gasteiger partial charge in [0.2, 0.25) is 0 Å². The fourth-order valence-electron chi connectivity index (χ4n) is 2.85. The predicted octanol–water partition coefficient (Wildman–Crippen LogP) is 3.46. The Hall–Kier alpha value is -2.08. The summed E-state index contributed by atoms with van der Waals surface area (Å²) in [5.74, 6) is 1.10. The second-order valence-corrected chi connectivity index (χ2v) is 6.62. The molecule has 122 valence electrons. The maximum Gasteiger partial charge on any atom is 0.315 e. The zero-order valence-electron chi connectivity index (χ0n) is 13.3. The van der Waals surface area contributed by atoms with E-state index in [0.717, 1.165) is 22.7 Å². The minimum absolute atomic E-state index is 0.00699. The first-order valence-corrected chi connectivity index (χ1v) is 8.75. The predicted molar refractivity (Wildman–Crippen MR) is 91.0 cm³/mol. The van der Waals surface area contributed by atoms with Crippen LogP contribution in [-0.2, 0) is 0 Å². The van der Waals surface area contributed by atoms with Crippen LogP contribution in [0.4, 0.5) is 4.79 Å². The Bertz CT molecular complexity index is 660. The van der Waals surface area contributed by atoms with Crippen molar-refractivity contribution in [1.29, 1.82) is 0 Å². The standard InChI is InChI=1S/C17H21N3O2S/c1-3-14(16-18-8-9-23-16)20-17(21)19-11(2)13-10-22-15-7-5-4-6-12(13)15/h4-9,11,13-14H,3,10H2,1-2H3,(H2,19,20,21)/t11-,13+,14-/m0/s1. The summed E-state index contributed by atoms with van der Waals surface area (Å²) >= 11 is 1.56. The van der Waals surface area contributed by atoms with Crippen LogP contribution in [0, 0.1) is 0 Å². The van der Waals surface area contributed by atoms with Crippen LogP contribution >= 0.6 is 11.3 Å². The zero-order valence-corrected chi connectivity index (χ0v) is 14.1. The number of thiazole rings is 1. The van der Waals surface area contributed by atoms with Crippen LogP contribution in [-0.4, -0.2) is 23.7 Å². The molecule has 2 aromatic rings. The second-order valence-electron chi connectivity index (χ2n) is 5.69. The van der Waals surface area contributed by atoms with E-state index in [2.05, 4.69) is 21.7 Å². The van der Waals surface area contributed by atoms with E-state index in [-0.39, 0.29) is 24.0 Å². The summed E-state index contributed by atoms with van der Waals surface area (Å²) < 4.78 is 5.69. The Morgan fingerprint density at radius 2 is 2.26 bits per heavy atom. The number of ether oxygens (including phenoxy) is 1. The highest BCUT2D eigenvalue weighted by atomic mass is 32.1. The third-order valence-electron chi connectivity index (χ3n) is 4.16. The van der Waals surface area contributed by atoms with Crippen LogP contribution in [0.5, 0.6) is 5.75 Å². The first kappa shape index (κ1) is 15.8. The molecule has 0 saturated carbocycles. The van der Waals surface area contributed by atoms with Crippen molar-refractivity contribution in [2.24, 2.45) is 0 Å². The number of hydrogen-bond donors (Lipinski definition) is 2. The number of rotatable bonds is 5. The molecule has 5 nitrogen and oxygen atoms in total. The highest BCUT2D eigenvalue weighted by Gasteiger charge is 2.29. The van der Waals surface area contributed by atoms with E-state index in [1.807, 2.05) is 37.4 Å². The molecule has 2 amide bonds. The summed E-state index contributed by atoms with van der Waals surface area (Å²) in [5.41, 5.74) is 1.16. The molecule has 0 fully saturated rings. The zero-order chi connectivity index (χ0) is 16.2. The molecule has 23 heavy (non-hydrogen) atoms. The van der Waals surface area contributed by atoms with Crippen molar-refractivity contribution >= 4 is 17.4 Å². The molecule has 1 aromatic carbocycles. The fraction of sp³-hybridized carbons (Fsp3) is 0.412. The van der Waals surface area contributed by atoms with Gasteiger partial charge >= 0.3 is 6.03 Å². The van der Waals surface area contributed by atoms with Crippen LogP contribution in [0.25, 0.3) is 0 Å². The molecule has 1 aliphatic heterocycles. The monoisotopic (exact) mass is 331 g/mol. The van der Waals surface area contributed by atoms with Crippen molar-refractivity contribution in [3.63, 3.8) is 0 Å². The summed E-state index contributed by atoms with van der Waals surface area (Å²) in [4.78, 5) is 16.6. The Morgan fingerprint density at radius 1 is 1.43 bits per heavy atom. The van der Waals surface area contributed by atoms with Crippen molar-refractivity contribution in [1.82, 2.24) is 15.6 Å². The maximum absolute atomic E-state index is 12.3. The van der Waals surface area contributed by atoms with Crippen LogP contribution in [0.1, 0.15) is 42.8 Å². The van der Waals surface area contributed by atoms with Gasteiger partial charge in [0.05, 0.1) is 12.6 Å². The lowest BCUT2D eigenvalue weighted by molar-refractivity contribution is 0.229. The molecule has 0 unspecified atom stereocenters. The molecule has 0 aliphatic carbocycles. The van der Waals surface area contributed by atoms with E-state index >= 15 is 0 Å². The number of para-hydroxylation sites is 1. The molecule has 6 heteroatoms. The molecular weight excluding hydrogens is 310 g/mol. The molecule has 0 radical (unpaired) electrons. The number of nitrogens with zero attached hydrogens (tertiary/aromatic N) is 1. The van der Waals surface area contributed by atoms with E-state index in [9.17, 15) is 4.79 Å². The van der Waals surface area contributed by atoms with Gasteiger partial charge in [0.15, 0.2) is 0 Å². The third-order valence-corrected chi connectivity index (χ3v) is 5.05. The van der Waals surface area contributed by atoms with E-state index in [0.29, 0.717) is 6.61 Å². The Balaban J connectivity index is 1.60. The summed E-state index contributed by atoms with van der Waals surface area (Å²) in [5, 5.41) is 8.90. The Labute approximate surface area is 140 Å². The molecular formula is C17H21N3O2S. The molecule has 3 atom stereocenters. The van der Waals surface area contributed by atoms with Crippen LogP contribution in [0.2, 0.25) is 0 Å². The van der Waals surface area contributed by atoms with Gasteiger partial charge in [0, 0.05) is 29.1 Å². The van der Waals surface area contributed by atoms with Gasteiger partial charge in [-0.25, -0.2) is 9.78 Å². The molecule has 2 N–H and O–H groups in total. The average molecular weight is 331 g/mol. The lowest BCUT2D eigenvalue weighted by Gasteiger charge is -2.22. The minimum atomic E-state index is -0.163. The second kappa shape index (κ2) is 7.00. The van der Waals surface area contributed by atoms with Gasteiger partial charge in [-0.15, -0.1) is 11.3 Å². The number of urea groups is 1. The van der Waals surface area contributed by atoms with Gasteiger partial charge in [0.25, 0.3) is 0 Å².